The lowest BCUT2D eigenvalue weighted by Crippen LogP contribution is -2.46. The van der Waals surface area contributed by atoms with Crippen LogP contribution >= 0.6 is 0 Å². The number of hydrogen-bond donors (Lipinski definition) is 2. The van der Waals surface area contributed by atoms with E-state index in [2.05, 4.69) is 15.2 Å². The zero-order valence-corrected chi connectivity index (χ0v) is 19.8. The van der Waals surface area contributed by atoms with Gasteiger partial charge in [-0.05, 0) is 77.1 Å². The molecule has 0 radical (unpaired) electrons. The zero-order chi connectivity index (χ0) is 23.1. The summed E-state index contributed by atoms with van der Waals surface area (Å²) in [6, 6.07) is 0. The molecule has 0 saturated carbocycles. The van der Waals surface area contributed by atoms with Gasteiger partial charge >= 0.3 is 5.97 Å². The highest BCUT2D eigenvalue weighted by atomic mass is 16.5. The second-order valence-corrected chi connectivity index (χ2v) is 8.97. The molecule has 178 valence electrons. The maximum atomic E-state index is 12.9. The minimum atomic E-state index is -0.361. The number of aromatic nitrogens is 1. The van der Waals surface area contributed by atoms with Crippen LogP contribution < -0.4 is 5.32 Å². The van der Waals surface area contributed by atoms with Crippen molar-refractivity contribution >= 4 is 17.8 Å². The van der Waals surface area contributed by atoms with Crippen molar-refractivity contribution in [2.45, 2.75) is 59.3 Å². The first-order valence-electron chi connectivity index (χ1n) is 12.0. The minimum absolute atomic E-state index is 0.0669. The molecule has 1 atom stereocenters. The standard InChI is InChI=1S/C24H38N4O4/c1-4-32-24(31)22-17(2)20(18(3)26-22)9-10-21(29)28-14-7-8-19(16-28)23(30)25-11-15-27-12-5-6-13-27/h19,26H,4-16H2,1-3H3,(H,25,30)/t19-/m0/s1. The van der Waals surface area contributed by atoms with E-state index in [1.165, 1.54) is 12.8 Å². The first-order chi connectivity index (χ1) is 15.4. The molecule has 32 heavy (non-hydrogen) atoms. The summed E-state index contributed by atoms with van der Waals surface area (Å²) >= 11 is 0. The SMILES string of the molecule is CCOC(=O)c1[nH]c(C)c(CCC(=O)N2CCC[C@H](C(=O)NCCN3CCCC3)C2)c1C. The van der Waals surface area contributed by atoms with Crippen LogP contribution in [-0.4, -0.2) is 78.4 Å². The maximum Gasteiger partial charge on any atom is 0.355 e. The topological polar surface area (TPSA) is 94.7 Å². The first-order valence-corrected chi connectivity index (χ1v) is 12.0. The number of carbonyl (C=O) groups is 3. The number of carbonyl (C=O) groups excluding carboxylic acids is 3. The Kier molecular flexibility index (Phi) is 8.73. The quantitative estimate of drug-likeness (QED) is 0.567. The van der Waals surface area contributed by atoms with Gasteiger partial charge in [0.05, 0.1) is 12.5 Å². The van der Waals surface area contributed by atoms with E-state index in [-0.39, 0.29) is 23.7 Å². The van der Waals surface area contributed by atoms with Crippen molar-refractivity contribution in [3.63, 3.8) is 0 Å². The van der Waals surface area contributed by atoms with Crippen molar-refractivity contribution in [2.75, 3.05) is 45.9 Å². The summed E-state index contributed by atoms with van der Waals surface area (Å²) < 4.78 is 5.10. The molecule has 8 heteroatoms. The molecule has 2 N–H and O–H groups in total. The molecule has 2 saturated heterocycles. The number of aromatic amines is 1. The molecule has 3 rings (SSSR count). The Hall–Kier alpha value is -2.35. The van der Waals surface area contributed by atoms with Crippen LogP contribution in [-0.2, 0) is 20.7 Å². The molecule has 0 aliphatic carbocycles. The molecular formula is C24H38N4O4. The van der Waals surface area contributed by atoms with E-state index in [1.54, 1.807) is 6.92 Å². The number of rotatable bonds is 9. The number of ether oxygens (including phenoxy) is 1. The van der Waals surface area contributed by atoms with Crippen LogP contribution in [0.5, 0.6) is 0 Å². The lowest BCUT2D eigenvalue weighted by Gasteiger charge is -2.32. The fourth-order valence-electron chi connectivity index (χ4n) is 4.87. The van der Waals surface area contributed by atoms with Crippen molar-refractivity contribution in [3.05, 3.63) is 22.5 Å². The van der Waals surface area contributed by atoms with Crippen LogP contribution in [0.15, 0.2) is 0 Å². The summed E-state index contributed by atoms with van der Waals surface area (Å²) in [6.07, 6.45) is 5.11. The zero-order valence-electron chi connectivity index (χ0n) is 19.8. The summed E-state index contributed by atoms with van der Waals surface area (Å²) in [6.45, 7) is 10.9. The smallest absolute Gasteiger partial charge is 0.355 e. The fourth-order valence-corrected chi connectivity index (χ4v) is 4.87. The van der Waals surface area contributed by atoms with Crippen molar-refractivity contribution < 1.29 is 19.1 Å². The highest BCUT2D eigenvalue weighted by Crippen LogP contribution is 2.22. The fraction of sp³-hybridized carbons (Fsp3) is 0.708. The predicted molar refractivity (Wildman–Crippen MR) is 123 cm³/mol. The predicted octanol–water partition coefficient (Wildman–Crippen LogP) is 2.19. The van der Waals surface area contributed by atoms with Gasteiger partial charge in [0.2, 0.25) is 11.8 Å². The number of hydrogen-bond acceptors (Lipinski definition) is 5. The molecule has 2 fully saturated rings. The maximum absolute atomic E-state index is 12.9. The van der Waals surface area contributed by atoms with Crippen LogP contribution in [0, 0.1) is 19.8 Å². The van der Waals surface area contributed by atoms with Gasteiger partial charge in [0.25, 0.3) is 0 Å². The Morgan fingerprint density at radius 1 is 1.12 bits per heavy atom. The Morgan fingerprint density at radius 3 is 2.59 bits per heavy atom. The number of likely N-dealkylation sites (tertiary alicyclic amines) is 2. The molecule has 0 aromatic carbocycles. The molecule has 2 aliphatic rings. The van der Waals surface area contributed by atoms with E-state index in [9.17, 15) is 14.4 Å². The van der Waals surface area contributed by atoms with Crippen LogP contribution in [0.1, 0.15) is 66.3 Å². The van der Waals surface area contributed by atoms with Gasteiger partial charge in [0, 0.05) is 38.3 Å². The second kappa shape index (κ2) is 11.5. The molecule has 1 aromatic heterocycles. The third kappa shape index (κ3) is 6.12. The van der Waals surface area contributed by atoms with Crippen LogP contribution in [0.3, 0.4) is 0 Å². The number of aryl methyl sites for hydroxylation is 1. The van der Waals surface area contributed by atoms with Crippen molar-refractivity contribution in [1.29, 1.82) is 0 Å². The molecule has 8 nitrogen and oxygen atoms in total. The number of H-pyrrole nitrogens is 1. The summed E-state index contributed by atoms with van der Waals surface area (Å²) in [7, 11) is 0. The summed E-state index contributed by atoms with van der Waals surface area (Å²) in [5.74, 6) is -0.354. The number of amides is 2. The average molecular weight is 447 g/mol. The average Bonchev–Trinajstić information content (AvgIpc) is 3.40. The Labute approximate surface area is 191 Å². The van der Waals surface area contributed by atoms with Crippen molar-refractivity contribution in [3.8, 4) is 0 Å². The molecule has 0 bridgehead atoms. The van der Waals surface area contributed by atoms with E-state index in [0.717, 1.165) is 49.3 Å². The Balaban J connectivity index is 1.48. The number of piperidine rings is 1. The van der Waals surface area contributed by atoms with Crippen LogP contribution in [0.25, 0.3) is 0 Å². The monoisotopic (exact) mass is 446 g/mol. The number of nitrogens with zero attached hydrogens (tertiary/aromatic N) is 2. The molecular weight excluding hydrogens is 408 g/mol. The van der Waals surface area contributed by atoms with Crippen molar-refractivity contribution in [1.82, 2.24) is 20.1 Å². The van der Waals surface area contributed by atoms with Crippen molar-refractivity contribution in [2.24, 2.45) is 5.92 Å². The molecule has 2 amide bonds. The summed E-state index contributed by atoms with van der Waals surface area (Å²) in [4.78, 5) is 44.9. The van der Waals surface area contributed by atoms with Gasteiger partial charge in [-0.2, -0.15) is 0 Å². The third-order valence-electron chi connectivity index (χ3n) is 6.73. The van der Waals surface area contributed by atoms with Gasteiger partial charge < -0.3 is 24.8 Å². The molecule has 0 spiro atoms. The molecule has 3 heterocycles. The second-order valence-electron chi connectivity index (χ2n) is 8.97. The van der Waals surface area contributed by atoms with Gasteiger partial charge in [0.1, 0.15) is 5.69 Å². The van der Waals surface area contributed by atoms with E-state index in [1.807, 2.05) is 18.7 Å². The first kappa shape index (κ1) is 24.3. The van der Waals surface area contributed by atoms with Gasteiger partial charge in [-0.25, -0.2) is 4.79 Å². The third-order valence-corrected chi connectivity index (χ3v) is 6.73. The highest BCUT2D eigenvalue weighted by molar-refractivity contribution is 5.90. The van der Waals surface area contributed by atoms with E-state index < -0.39 is 0 Å². The lowest BCUT2D eigenvalue weighted by molar-refractivity contribution is -0.135. The van der Waals surface area contributed by atoms with E-state index in [4.69, 9.17) is 4.74 Å². The number of nitrogens with one attached hydrogen (secondary N) is 2. The molecule has 1 aromatic rings. The normalized spacial score (nSPS) is 19.2. The van der Waals surface area contributed by atoms with E-state index in [0.29, 0.717) is 44.8 Å². The minimum Gasteiger partial charge on any atom is -0.461 e. The van der Waals surface area contributed by atoms with Crippen LogP contribution in [0.4, 0.5) is 0 Å². The van der Waals surface area contributed by atoms with E-state index >= 15 is 0 Å². The molecule has 2 aliphatic heterocycles. The summed E-state index contributed by atoms with van der Waals surface area (Å²) in [5.41, 5.74) is 3.21. The Bertz CT molecular complexity index is 813. The highest BCUT2D eigenvalue weighted by Gasteiger charge is 2.28. The van der Waals surface area contributed by atoms with Gasteiger partial charge in [-0.15, -0.1) is 0 Å². The summed E-state index contributed by atoms with van der Waals surface area (Å²) in [5, 5.41) is 3.07. The number of esters is 1. The largest absolute Gasteiger partial charge is 0.461 e. The van der Waals surface area contributed by atoms with Gasteiger partial charge in [-0.3, -0.25) is 9.59 Å². The van der Waals surface area contributed by atoms with Crippen LogP contribution in [0.2, 0.25) is 0 Å². The lowest BCUT2D eigenvalue weighted by atomic mass is 9.96. The Morgan fingerprint density at radius 2 is 1.88 bits per heavy atom. The van der Waals surface area contributed by atoms with Gasteiger partial charge in [0.15, 0.2) is 0 Å². The molecule has 0 unspecified atom stereocenters. The van der Waals surface area contributed by atoms with Gasteiger partial charge in [-0.1, -0.05) is 0 Å².